The van der Waals surface area contributed by atoms with Gasteiger partial charge in [0.05, 0.1) is 0 Å². The third kappa shape index (κ3) is 18.6. The Hall–Kier alpha value is 0.451. The Morgan fingerprint density at radius 2 is 0.710 bits per heavy atom. The van der Waals surface area contributed by atoms with Crippen LogP contribution in [-0.4, -0.2) is 60.3 Å². The Labute approximate surface area is 196 Å². The second-order valence-electron chi connectivity index (χ2n) is 10.5. The standard InChI is InChI=1S/C23H54O5Si3/c1-29(2,21-15-9-6-12-18-24)27-31(5,23-17-11-8-14-20-26)28-30(3,4)22-16-10-7-13-19-25/h24-26H,6-23H2,1-5H3. The van der Waals surface area contributed by atoms with Gasteiger partial charge in [0, 0.05) is 19.8 Å². The minimum absolute atomic E-state index is 0.286. The summed E-state index contributed by atoms with van der Waals surface area (Å²) in [6.07, 6.45) is 13.0. The van der Waals surface area contributed by atoms with E-state index >= 15 is 0 Å². The van der Waals surface area contributed by atoms with Gasteiger partial charge in [-0.15, -0.1) is 0 Å². The van der Waals surface area contributed by atoms with Crippen molar-refractivity contribution in [3.05, 3.63) is 0 Å². The van der Waals surface area contributed by atoms with E-state index < -0.39 is 25.2 Å². The van der Waals surface area contributed by atoms with E-state index in [1.165, 1.54) is 25.7 Å². The lowest BCUT2D eigenvalue weighted by molar-refractivity contribution is 0.282. The molecule has 0 radical (unpaired) electrons. The summed E-state index contributed by atoms with van der Waals surface area (Å²) in [5.41, 5.74) is 0. The lowest BCUT2D eigenvalue weighted by atomic mass is 10.2. The van der Waals surface area contributed by atoms with E-state index in [-0.39, 0.29) is 6.61 Å². The SMILES string of the molecule is C[Si](C)(CCCCCCO)O[Si](C)(CCCCCCO)O[Si](C)(C)CCCCCCO. The lowest BCUT2D eigenvalue weighted by Crippen LogP contribution is -2.54. The summed E-state index contributed by atoms with van der Waals surface area (Å²) in [6.45, 7) is 12.6. The summed E-state index contributed by atoms with van der Waals surface area (Å²) in [7, 11) is -5.84. The van der Waals surface area contributed by atoms with Gasteiger partial charge >= 0.3 is 8.56 Å². The van der Waals surface area contributed by atoms with Gasteiger partial charge in [0.15, 0.2) is 16.6 Å². The fourth-order valence-corrected chi connectivity index (χ4v) is 19.0. The lowest BCUT2D eigenvalue weighted by Gasteiger charge is -2.41. The molecule has 0 aliphatic carbocycles. The fraction of sp³-hybridized carbons (Fsp3) is 1.00. The maximum atomic E-state index is 9.05. The van der Waals surface area contributed by atoms with Crippen molar-refractivity contribution in [1.82, 2.24) is 0 Å². The van der Waals surface area contributed by atoms with Crippen molar-refractivity contribution in [3.8, 4) is 0 Å². The Morgan fingerprint density at radius 1 is 0.419 bits per heavy atom. The predicted molar refractivity (Wildman–Crippen MR) is 140 cm³/mol. The highest BCUT2D eigenvalue weighted by atomic mass is 28.5. The van der Waals surface area contributed by atoms with Gasteiger partial charge in [-0.25, -0.2) is 0 Å². The van der Waals surface area contributed by atoms with E-state index in [0.29, 0.717) is 13.2 Å². The van der Waals surface area contributed by atoms with Crippen LogP contribution in [0, 0.1) is 0 Å². The summed E-state index contributed by atoms with van der Waals surface area (Å²) >= 11 is 0. The third-order valence-electron chi connectivity index (χ3n) is 5.90. The van der Waals surface area contributed by atoms with Gasteiger partial charge in [0.2, 0.25) is 0 Å². The van der Waals surface area contributed by atoms with Gasteiger partial charge in [0.1, 0.15) is 0 Å². The van der Waals surface area contributed by atoms with Crippen molar-refractivity contribution >= 4 is 25.2 Å². The minimum Gasteiger partial charge on any atom is -0.436 e. The molecule has 0 bridgehead atoms. The van der Waals surface area contributed by atoms with Crippen molar-refractivity contribution in [1.29, 1.82) is 0 Å². The molecule has 0 atom stereocenters. The molecule has 0 heterocycles. The number of unbranched alkanes of at least 4 members (excludes halogenated alkanes) is 9. The highest BCUT2D eigenvalue weighted by Gasteiger charge is 2.42. The Balaban J connectivity index is 4.84. The minimum atomic E-state index is -2.25. The topological polar surface area (TPSA) is 79.2 Å². The Bertz CT molecular complexity index is 394. The molecule has 0 saturated heterocycles. The van der Waals surface area contributed by atoms with Crippen molar-refractivity contribution in [2.75, 3.05) is 19.8 Å². The van der Waals surface area contributed by atoms with Crippen LogP contribution in [0.25, 0.3) is 0 Å². The van der Waals surface area contributed by atoms with Gasteiger partial charge in [-0.1, -0.05) is 57.8 Å². The van der Waals surface area contributed by atoms with Crippen LogP contribution in [0.15, 0.2) is 0 Å². The molecule has 0 saturated carbocycles. The first-order valence-electron chi connectivity index (χ1n) is 12.8. The molecule has 0 amide bonds. The maximum Gasteiger partial charge on any atom is 0.314 e. The van der Waals surface area contributed by atoms with Crippen LogP contribution in [0.2, 0.25) is 50.9 Å². The van der Waals surface area contributed by atoms with Crippen molar-refractivity contribution in [2.24, 2.45) is 0 Å². The van der Waals surface area contributed by atoms with E-state index in [1.54, 1.807) is 0 Å². The first-order chi connectivity index (χ1) is 14.6. The summed E-state index contributed by atoms with van der Waals surface area (Å²) in [6, 6.07) is 3.39. The highest BCUT2D eigenvalue weighted by molar-refractivity contribution is 6.88. The molecule has 0 unspecified atom stereocenters. The summed E-state index contributed by atoms with van der Waals surface area (Å²) in [4.78, 5) is 0. The second kappa shape index (κ2) is 17.9. The van der Waals surface area contributed by atoms with E-state index in [4.69, 9.17) is 23.5 Å². The van der Waals surface area contributed by atoms with Crippen LogP contribution in [-0.2, 0) is 8.23 Å². The molecule has 0 rings (SSSR count). The molecule has 5 nitrogen and oxygen atoms in total. The van der Waals surface area contributed by atoms with E-state index in [2.05, 4.69) is 32.7 Å². The van der Waals surface area contributed by atoms with Crippen LogP contribution in [0.4, 0.5) is 0 Å². The molecule has 0 aliphatic rings. The van der Waals surface area contributed by atoms with Gasteiger partial charge in [-0.2, -0.15) is 0 Å². The first-order valence-corrected chi connectivity index (χ1v) is 21.6. The smallest absolute Gasteiger partial charge is 0.314 e. The van der Waals surface area contributed by atoms with E-state index in [1.807, 2.05) is 0 Å². The zero-order valence-corrected chi connectivity index (χ0v) is 24.4. The molecule has 0 aromatic heterocycles. The summed E-state index contributed by atoms with van der Waals surface area (Å²) in [5, 5.41) is 27.0. The van der Waals surface area contributed by atoms with Gasteiger partial charge in [-0.3, -0.25) is 0 Å². The van der Waals surface area contributed by atoms with Gasteiger partial charge < -0.3 is 23.5 Å². The third-order valence-corrected chi connectivity index (χ3v) is 18.1. The molecule has 0 fully saturated rings. The van der Waals surface area contributed by atoms with Crippen molar-refractivity contribution < 1.29 is 23.5 Å². The monoisotopic (exact) mass is 494 g/mol. The highest BCUT2D eigenvalue weighted by Crippen LogP contribution is 2.31. The normalized spacial score (nSPS) is 13.2. The Morgan fingerprint density at radius 3 is 1.03 bits per heavy atom. The van der Waals surface area contributed by atoms with Crippen molar-refractivity contribution in [2.45, 2.75) is 128 Å². The zero-order valence-electron chi connectivity index (χ0n) is 21.4. The molecule has 188 valence electrons. The molecule has 0 spiro atoms. The summed E-state index contributed by atoms with van der Waals surface area (Å²) < 4.78 is 14.0. The molecule has 0 aromatic rings. The largest absolute Gasteiger partial charge is 0.436 e. The van der Waals surface area contributed by atoms with E-state index in [0.717, 1.165) is 69.5 Å². The van der Waals surface area contributed by atoms with Crippen LogP contribution in [0.1, 0.15) is 77.0 Å². The molecule has 8 heteroatoms. The molecule has 31 heavy (non-hydrogen) atoms. The fourth-order valence-electron chi connectivity index (χ4n) is 4.34. The molecule has 3 N–H and O–H groups in total. The maximum absolute atomic E-state index is 9.05. The first kappa shape index (κ1) is 31.5. The number of rotatable bonds is 22. The zero-order chi connectivity index (χ0) is 23.6. The van der Waals surface area contributed by atoms with Gasteiger partial charge in [-0.05, 0) is 70.1 Å². The van der Waals surface area contributed by atoms with Crippen LogP contribution >= 0.6 is 0 Å². The molecule has 0 aliphatic heterocycles. The summed E-state index contributed by atoms with van der Waals surface area (Å²) in [5.74, 6) is 0. The van der Waals surface area contributed by atoms with Crippen molar-refractivity contribution in [3.63, 3.8) is 0 Å². The van der Waals surface area contributed by atoms with Crippen LogP contribution in [0.3, 0.4) is 0 Å². The van der Waals surface area contributed by atoms with Crippen LogP contribution < -0.4 is 0 Å². The number of hydrogen-bond donors (Lipinski definition) is 3. The number of aliphatic hydroxyl groups is 3. The quantitative estimate of drug-likeness (QED) is 0.124. The van der Waals surface area contributed by atoms with Crippen LogP contribution in [0.5, 0.6) is 0 Å². The molecule has 0 aromatic carbocycles. The average Bonchev–Trinajstić information content (AvgIpc) is 2.66. The molecular weight excluding hydrogens is 441 g/mol. The average molecular weight is 495 g/mol. The number of aliphatic hydroxyl groups excluding tert-OH is 3. The Kier molecular flexibility index (Phi) is 18.1. The second-order valence-corrected chi connectivity index (χ2v) is 23.0. The van der Waals surface area contributed by atoms with E-state index in [9.17, 15) is 0 Å². The molecular formula is C23H54O5Si3. The number of hydrogen-bond acceptors (Lipinski definition) is 5. The van der Waals surface area contributed by atoms with Gasteiger partial charge in [0.25, 0.3) is 0 Å². The predicted octanol–water partition coefficient (Wildman–Crippen LogP) is 6.16.